The SMILES string of the molecule is Cc1cccc(-n2c(C)nc3nc(N4CCc5ccccc5C4)[nH]c(=O)c3c2=S)c1. The highest BCUT2D eigenvalue weighted by molar-refractivity contribution is 7.71. The van der Waals surface area contributed by atoms with Crippen molar-refractivity contribution in [3.8, 4) is 5.69 Å². The van der Waals surface area contributed by atoms with Gasteiger partial charge >= 0.3 is 0 Å². The van der Waals surface area contributed by atoms with Gasteiger partial charge in [-0.3, -0.25) is 14.3 Å². The molecule has 0 saturated carbocycles. The Morgan fingerprint density at radius 1 is 1.03 bits per heavy atom. The summed E-state index contributed by atoms with van der Waals surface area (Å²) in [4.78, 5) is 27.4. The summed E-state index contributed by atoms with van der Waals surface area (Å²) in [5.41, 5.74) is 4.74. The smallest absolute Gasteiger partial charge is 0.264 e. The molecule has 3 heterocycles. The van der Waals surface area contributed by atoms with Gasteiger partial charge in [0, 0.05) is 18.8 Å². The molecular formula is C23H21N5OS. The third kappa shape index (κ3) is 3.11. The molecule has 1 N–H and O–H groups in total. The number of aromatic nitrogens is 4. The fourth-order valence-electron chi connectivity index (χ4n) is 4.08. The first-order valence-corrected chi connectivity index (χ1v) is 10.3. The van der Waals surface area contributed by atoms with Crippen molar-refractivity contribution in [2.45, 2.75) is 26.8 Å². The summed E-state index contributed by atoms with van der Waals surface area (Å²) in [7, 11) is 0. The van der Waals surface area contributed by atoms with E-state index in [4.69, 9.17) is 12.2 Å². The van der Waals surface area contributed by atoms with E-state index in [9.17, 15) is 4.79 Å². The molecule has 2 aromatic heterocycles. The summed E-state index contributed by atoms with van der Waals surface area (Å²) in [5.74, 6) is 1.24. The van der Waals surface area contributed by atoms with Crippen molar-refractivity contribution in [2.75, 3.05) is 11.4 Å². The Hall–Kier alpha value is -3.32. The second-order valence-corrected chi connectivity index (χ2v) is 8.05. The number of fused-ring (bicyclic) bond motifs is 2. The van der Waals surface area contributed by atoms with Crippen LogP contribution >= 0.6 is 12.2 Å². The van der Waals surface area contributed by atoms with Crippen LogP contribution in [-0.2, 0) is 13.0 Å². The van der Waals surface area contributed by atoms with Crippen molar-refractivity contribution in [1.82, 2.24) is 19.5 Å². The van der Waals surface area contributed by atoms with E-state index in [0.717, 1.165) is 24.2 Å². The minimum atomic E-state index is -0.257. The summed E-state index contributed by atoms with van der Waals surface area (Å²) in [6.07, 6.45) is 0.915. The van der Waals surface area contributed by atoms with E-state index in [1.54, 1.807) is 0 Å². The number of nitrogens with one attached hydrogen (secondary N) is 1. The van der Waals surface area contributed by atoms with Gasteiger partial charge in [-0.15, -0.1) is 0 Å². The fourth-order valence-corrected chi connectivity index (χ4v) is 4.50. The Bertz CT molecular complexity index is 1410. The minimum absolute atomic E-state index is 0.257. The zero-order valence-corrected chi connectivity index (χ0v) is 17.7. The molecule has 0 radical (unpaired) electrons. The predicted octanol–water partition coefficient (Wildman–Crippen LogP) is 4.02. The number of H-pyrrole nitrogens is 1. The maximum absolute atomic E-state index is 13.0. The molecular weight excluding hydrogens is 394 g/mol. The van der Waals surface area contributed by atoms with Gasteiger partial charge in [0.2, 0.25) is 5.95 Å². The number of aromatic amines is 1. The quantitative estimate of drug-likeness (QED) is 0.501. The second-order valence-electron chi connectivity index (χ2n) is 7.67. The highest BCUT2D eigenvalue weighted by Gasteiger charge is 2.20. The van der Waals surface area contributed by atoms with E-state index in [-0.39, 0.29) is 5.56 Å². The Kier molecular flexibility index (Phi) is 4.47. The molecule has 5 rings (SSSR count). The molecule has 2 aromatic carbocycles. The van der Waals surface area contributed by atoms with Crippen LogP contribution in [0.3, 0.4) is 0 Å². The van der Waals surface area contributed by atoms with Gasteiger partial charge in [0.25, 0.3) is 5.56 Å². The van der Waals surface area contributed by atoms with Crippen LogP contribution in [0.5, 0.6) is 0 Å². The molecule has 0 saturated heterocycles. The monoisotopic (exact) mass is 415 g/mol. The van der Waals surface area contributed by atoms with Crippen molar-refractivity contribution in [3.63, 3.8) is 0 Å². The zero-order chi connectivity index (χ0) is 20.8. The molecule has 0 fully saturated rings. The summed E-state index contributed by atoms with van der Waals surface area (Å²) in [6, 6.07) is 16.4. The molecule has 6 nitrogen and oxygen atoms in total. The third-order valence-electron chi connectivity index (χ3n) is 5.59. The van der Waals surface area contributed by atoms with E-state index >= 15 is 0 Å². The highest BCUT2D eigenvalue weighted by Crippen LogP contribution is 2.23. The standard InChI is InChI=1S/C23H21N5OS/c1-14-6-5-9-18(12-14)28-15(2)24-20-19(22(28)30)21(29)26-23(25-20)27-11-10-16-7-3-4-8-17(16)13-27/h3-9,12H,10-11,13H2,1-2H3,(H,25,26,29). The van der Waals surface area contributed by atoms with Gasteiger partial charge in [0.15, 0.2) is 5.65 Å². The molecule has 4 aromatic rings. The van der Waals surface area contributed by atoms with Gasteiger partial charge in [0.1, 0.15) is 15.9 Å². The molecule has 1 aliphatic heterocycles. The van der Waals surface area contributed by atoms with Gasteiger partial charge in [-0.25, -0.2) is 4.98 Å². The molecule has 150 valence electrons. The van der Waals surface area contributed by atoms with Crippen LogP contribution in [0.4, 0.5) is 5.95 Å². The lowest BCUT2D eigenvalue weighted by molar-refractivity contribution is 0.707. The van der Waals surface area contributed by atoms with Crippen LogP contribution in [-0.4, -0.2) is 26.1 Å². The minimum Gasteiger partial charge on any atom is -0.338 e. The van der Waals surface area contributed by atoms with Crippen LogP contribution in [0.15, 0.2) is 53.3 Å². The molecule has 0 unspecified atom stereocenters. The number of aryl methyl sites for hydroxylation is 2. The van der Waals surface area contributed by atoms with Crippen molar-refractivity contribution in [1.29, 1.82) is 0 Å². The van der Waals surface area contributed by atoms with Crippen LogP contribution in [0.1, 0.15) is 22.5 Å². The third-order valence-corrected chi connectivity index (χ3v) is 5.97. The molecule has 0 bridgehead atoms. The number of nitrogens with zero attached hydrogens (tertiary/aromatic N) is 4. The number of rotatable bonds is 2. The van der Waals surface area contributed by atoms with Gasteiger partial charge in [-0.1, -0.05) is 48.6 Å². The molecule has 7 heteroatoms. The van der Waals surface area contributed by atoms with Crippen LogP contribution in [0, 0.1) is 18.5 Å². The molecule has 30 heavy (non-hydrogen) atoms. The summed E-state index contributed by atoms with van der Waals surface area (Å²) in [6.45, 7) is 5.41. The lowest BCUT2D eigenvalue weighted by atomic mass is 10.0. The van der Waals surface area contributed by atoms with Gasteiger partial charge in [-0.2, -0.15) is 4.98 Å². The lowest BCUT2D eigenvalue weighted by Gasteiger charge is -2.29. The summed E-state index contributed by atoms with van der Waals surface area (Å²) < 4.78 is 2.26. The molecule has 0 atom stereocenters. The van der Waals surface area contributed by atoms with Gasteiger partial charge in [0.05, 0.1) is 0 Å². The Morgan fingerprint density at radius 2 is 1.83 bits per heavy atom. The maximum atomic E-state index is 13.0. The van der Waals surface area contributed by atoms with E-state index in [1.165, 1.54) is 11.1 Å². The Labute approximate surface area is 178 Å². The van der Waals surface area contributed by atoms with Crippen molar-refractivity contribution < 1.29 is 0 Å². The maximum Gasteiger partial charge on any atom is 0.264 e. The van der Waals surface area contributed by atoms with E-state index < -0.39 is 0 Å². The first-order valence-electron chi connectivity index (χ1n) is 9.94. The largest absolute Gasteiger partial charge is 0.338 e. The zero-order valence-electron chi connectivity index (χ0n) is 16.8. The van der Waals surface area contributed by atoms with E-state index in [0.29, 0.717) is 34.0 Å². The number of anilines is 1. The normalized spacial score (nSPS) is 13.5. The fraction of sp³-hybridized carbons (Fsp3) is 0.217. The number of hydrogen-bond donors (Lipinski definition) is 1. The first kappa shape index (κ1) is 18.7. The van der Waals surface area contributed by atoms with Gasteiger partial charge in [-0.05, 0) is 49.1 Å². The lowest BCUT2D eigenvalue weighted by Crippen LogP contribution is -2.33. The number of hydrogen-bond acceptors (Lipinski definition) is 5. The van der Waals surface area contributed by atoms with E-state index in [1.807, 2.05) is 48.7 Å². The molecule has 1 aliphatic rings. The summed E-state index contributed by atoms with van der Waals surface area (Å²) in [5, 5.41) is 0.346. The average Bonchev–Trinajstić information content (AvgIpc) is 2.73. The van der Waals surface area contributed by atoms with E-state index in [2.05, 4.69) is 38.1 Å². The van der Waals surface area contributed by atoms with Crippen LogP contribution in [0.2, 0.25) is 0 Å². The molecule has 0 amide bonds. The molecule has 0 aliphatic carbocycles. The number of benzene rings is 2. The predicted molar refractivity (Wildman–Crippen MR) is 121 cm³/mol. The van der Waals surface area contributed by atoms with Crippen molar-refractivity contribution in [2.24, 2.45) is 0 Å². The van der Waals surface area contributed by atoms with Crippen molar-refractivity contribution in [3.05, 3.63) is 86.0 Å². The topological polar surface area (TPSA) is 66.8 Å². The Morgan fingerprint density at radius 3 is 2.63 bits per heavy atom. The first-order chi connectivity index (χ1) is 14.5. The van der Waals surface area contributed by atoms with Crippen LogP contribution < -0.4 is 10.5 Å². The second kappa shape index (κ2) is 7.18. The summed E-state index contributed by atoms with van der Waals surface area (Å²) >= 11 is 5.70. The molecule has 0 spiro atoms. The van der Waals surface area contributed by atoms with Crippen molar-refractivity contribution >= 4 is 29.2 Å². The van der Waals surface area contributed by atoms with Crippen LogP contribution in [0.25, 0.3) is 16.7 Å². The average molecular weight is 416 g/mol. The van der Waals surface area contributed by atoms with Gasteiger partial charge < -0.3 is 4.90 Å². The Balaban J connectivity index is 1.63. The highest BCUT2D eigenvalue weighted by atomic mass is 32.1.